The summed E-state index contributed by atoms with van der Waals surface area (Å²) < 4.78 is 85.3. The number of benzene rings is 2. The standard InChI is InChI=1S/C20H11ClF6N4O2/c21-14-5-10(7-28)1-4-15(14)30-17(32)16-9-31(18(33-16)20(25,26)27)12-3-2-11(8-29)13(6-12)19(22,23)24/h1-6,16,18H,9H2,(H,30,32). The molecule has 1 fully saturated rings. The first-order valence-electron chi connectivity index (χ1n) is 8.96. The van der Waals surface area contributed by atoms with E-state index in [1.807, 2.05) is 6.07 Å². The van der Waals surface area contributed by atoms with Crippen molar-refractivity contribution in [3.05, 3.63) is 58.1 Å². The highest BCUT2D eigenvalue weighted by molar-refractivity contribution is 6.33. The molecule has 0 aliphatic carbocycles. The van der Waals surface area contributed by atoms with E-state index >= 15 is 0 Å². The monoisotopic (exact) mass is 488 g/mol. The number of nitriles is 2. The Kier molecular flexibility index (Phi) is 6.45. The molecule has 0 saturated carbocycles. The molecule has 2 aromatic rings. The van der Waals surface area contributed by atoms with Gasteiger partial charge in [-0.3, -0.25) is 4.79 Å². The summed E-state index contributed by atoms with van der Waals surface area (Å²) in [5.74, 6) is -1.02. The van der Waals surface area contributed by atoms with Gasteiger partial charge in [0.15, 0.2) is 6.10 Å². The van der Waals surface area contributed by atoms with Gasteiger partial charge in [0.05, 0.1) is 46.1 Å². The summed E-state index contributed by atoms with van der Waals surface area (Å²) in [5, 5.41) is 19.9. The maximum Gasteiger partial charge on any atom is 0.433 e. The number of nitrogens with one attached hydrogen (secondary N) is 1. The van der Waals surface area contributed by atoms with Gasteiger partial charge in [-0.05, 0) is 36.4 Å². The van der Waals surface area contributed by atoms with E-state index in [1.165, 1.54) is 24.3 Å². The van der Waals surface area contributed by atoms with Gasteiger partial charge in [-0.15, -0.1) is 0 Å². The fourth-order valence-electron chi connectivity index (χ4n) is 3.13. The van der Waals surface area contributed by atoms with Gasteiger partial charge in [-0.1, -0.05) is 11.6 Å². The number of hydrogen-bond acceptors (Lipinski definition) is 5. The van der Waals surface area contributed by atoms with Crippen molar-refractivity contribution in [1.29, 1.82) is 10.5 Å². The molecule has 2 atom stereocenters. The van der Waals surface area contributed by atoms with Crippen LogP contribution < -0.4 is 10.2 Å². The van der Waals surface area contributed by atoms with E-state index in [4.69, 9.17) is 26.9 Å². The lowest BCUT2D eigenvalue weighted by atomic mass is 10.1. The van der Waals surface area contributed by atoms with Gasteiger partial charge >= 0.3 is 12.4 Å². The average Bonchev–Trinajstić information content (AvgIpc) is 3.20. The van der Waals surface area contributed by atoms with Crippen molar-refractivity contribution in [1.82, 2.24) is 0 Å². The molecule has 3 rings (SSSR count). The van der Waals surface area contributed by atoms with E-state index < -0.39 is 54.0 Å². The molecule has 6 nitrogen and oxygen atoms in total. The predicted octanol–water partition coefficient (Wildman–Crippen LogP) is 4.83. The van der Waals surface area contributed by atoms with Crippen LogP contribution in [-0.4, -0.2) is 31.0 Å². The summed E-state index contributed by atoms with van der Waals surface area (Å²) in [7, 11) is 0. The van der Waals surface area contributed by atoms with Crippen LogP contribution in [0.4, 0.5) is 37.7 Å². The van der Waals surface area contributed by atoms with Crippen LogP contribution in [0.25, 0.3) is 0 Å². The number of alkyl halides is 6. The van der Waals surface area contributed by atoms with Crippen LogP contribution in [0.5, 0.6) is 0 Å². The summed E-state index contributed by atoms with van der Waals surface area (Å²) >= 11 is 5.94. The molecule has 1 aliphatic rings. The Balaban J connectivity index is 1.91. The van der Waals surface area contributed by atoms with E-state index in [0.717, 1.165) is 12.1 Å². The Morgan fingerprint density at radius 1 is 1.09 bits per heavy atom. The minimum Gasteiger partial charge on any atom is -0.335 e. The second-order valence-electron chi connectivity index (χ2n) is 6.81. The third-order valence-electron chi connectivity index (χ3n) is 4.63. The van der Waals surface area contributed by atoms with E-state index in [2.05, 4.69) is 5.32 Å². The molecular formula is C20H11ClF6N4O2. The van der Waals surface area contributed by atoms with Crippen molar-refractivity contribution in [3.63, 3.8) is 0 Å². The average molecular weight is 489 g/mol. The van der Waals surface area contributed by atoms with Crippen molar-refractivity contribution < 1.29 is 35.9 Å². The molecule has 2 aromatic carbocycles. The van der Waals surface area contributed by atoms with Gasteiger partial charge in [-0.25, -0.2) is 0 Å². The molecule has 0 radical (unpaired) electrons. The second-order valence-corrected chi connectivity index (χ2v) is 7.21. The zero-order chi connectivity index (χ0) is 24.6. The van der Waals surface area contributed by atoms with Crippen LogP contribution in [0.15, 0.2) is 36.4 Å². The Bertz CT molecular complexity index is 1170. The molecule has 13 heteroatoms. The highest BCUT2D eigenvalue weighted by Gasteiger charge is 2.52. The normalized spacial score (nSPS) is 18.5. The van der Waals surface area contributed by atoms with Crippen LogP contribution in [0.2, 0.25) is 5.02 Å². The van der Waals surface area contributed by atoms with Crippen molar-refractivity contribution in [2.45, 2.75) is 24.7 Å². The number of rotatable bonds is 3. The van der Waals surface area contributed by atoms with Gasteiger partial charge in [-0.2, -0.15) is 36.9 Å². The van der Waals surface area contributed by atoms with E-state index in [-0.39, 0.29) is 16.3 Å². The zero-order valence-corrected chi connectivity index (χ0v) is 16.9. The number of anilines is 2. The zero-order valence-electron chi connectivity index (χ0n) is 16.1. The summed E-state index contributed by atoms with van der Waals surface area (Å²) in [6.45, 7) is -0.729. The lowest BCUT2D eigenvalue weighted by Crippen LogP contribution is -2.42. The van der Waals surface area contributed by atoms with Crippen molar-refractivity contribution in [2.24, 2.45) is 0 Å². The summed E-state index contributed by atoms with van der Waals surface area (Å²) in [6.07, 6.45) is -14.5. The fraction of sp³-hybridized carbons (Fsp3) is 0.250. The molecular weight excluding hydrogens is 478 g/mol. The number of halogens is 7. The SMILES string of the molecule is N#Cc1ccc(NC(=O)C2CN(c3ccc(C#N)c(C(F)(F)F)c3)C(C(F)(F)F)O2)c(Cl)c1. The first kappa shape index (κ1) is 24.2. The predicted molar refractivity (Wildman–Crippen MR) is 103 cm³/mol. The maximum absolute atomic E-state index is 13.6. The Morgan fingerprint density at radius 2 is 1.79 bits per heavy atom. The Morgan fingerprint density at radius 3 is 2.33 bits per heavy atom. The van der Waals surface area contributed by atoms with Gasteiger partial charge in [0.25, 0.3) is 5.91 Å². The minimum absolute atomic E-state index is 0.00371. The number of nitrogens with zero attached hydrogens (tertiary/aromatic N) is 3. The number of carbonyl (C=O) groups excluding carboxylic acids is 1. The summed E-state index contributed by atoms with van der Waals surface area (Å²) in [4.78, 5) is 13.0. The molecule has 1 amide bonds. The first-order valence-corrected chi connectivity index (χ1v) is 9.33. The van der Waals surface area contributed by atoms with Crippen molar-refractivity contribution in [3.8, 4) is 12.1 Å². The Hall–Kier alpha value is -3.48. The molecule has 2 unspecified atom stereocenters. The topological polar surface area (TPSA) is 89.2 Å². The Labute approximate surface area is 187 Å². The largest absolute Gasteiger partial charge is 0.433 e. The van der Waals surface area contributed by atoms with E-state index in [1.54, 1.807) is 0 Å². The third kappa shape index (κ3) is 5.13. The summed E-state index contributed by atoms with van der Waals surface area (Å²) in [5.41, 5.74) is -2.53. The van der Waals surface area contributed by atoms with E-state index in [0.29, 0.717) is 11.0 Å². The van der Waals surface area contributed by atoms with Gasteiger partial charge in [0, 0.05) is 5.69 Å². The molecule has 33 heavy (non-hydrogen) atoms. The molecule has 0 aromatic heterocycles. The molecule has 172 valence electrons. The molecule has 1 aliphatic heterocycles. The van der Waals surface area contributed by atoms with Crippen molar-refractivity contribution in [2.75, 3.05) is 16.8 Å². The van der Waals surface area contributed by atoms with Gasteiger partial charge in [0.1, 0.15) is 0 Å². The molecule has 0 spiro atoms. The van der Waals surface area contributed by atoms with Crippen LogP contribution >= 0.6 is 11.6 Å². The van der Waals surface area contributed by atoms with Crippen LogP contribution in [0.1, 0.15) is 16.7 Å². The second kappa shape index (κ2) is 8.81. The van der Waals surface area contributed by atoms with E-state index in [9.17, 15) is 31.1 Å². The smallest absolute Gasteiger partial charge is 0.335 e. The van der Waals surface area contributed by atoms with Gasteiger partial charge < -0.3 is 15.0 Å². The van der Waals surface area contributed by atoms with Crippen LogP contribution in [0.3, 0.4) is 0 Å². The lowest BCUT2D eigenvalue weighted by molar-refractivity contribution is -0.212. The van der Waals surface area contributed by atoms with Crippen LogP contribution in [0, 0.1) is 22.7 Å². The number of amides is 1. The molecule has 1 N–H and O–H groups in total. The number of ether oxygens (including phenoxy) is 1. The first-order chi connectivity index (χ1) is 15.3. The highest BCUT2D eigenvalue weighted by Crippen LogP contribution is 2.39. The minimum atomic E-state index is -5.05. The van der Waals surface area contributed by atoms with Crippen molar-refractivity contribution >= 4 is 28.9 Å². The van der Waals surface area contributed by atoms with Crippen LogP contribution in [-0.2, 0) is 15.7 Å². The quantitative estimate of drug-likeness (QED) is 0.625. The molecule has 1 saturated heterocycles. The molecule has 0 bridgehead atoms. The fourth-order valence-corrected chi connectivity index (χ4v) is 3.36. The summed E-state index contributed by atoms with van der Waals surface area (Å²) in [6, 6.07) is 9.03. The maximum atomic E-state index is 13.6. The highest BCUT2D eigenvalue weighted by atomic mass is 35.5. The van der Waals surface area contributed by atoms with Gasteiger partial charge in [0.2, 0.25) is 6.23 Å². The third-order valence-corrected chi connectivity index (χ3v) is 4.94. The molecule has 1 heterocycles. The number of carbonyl (C=O) groups is 1. The number of hydrogen-bond donors (Lipinski definition) is 1. The lowest BCUT2D eigenvalue weighted by Gasteiger charge is -2.27.